The highest BCUT2D eigenvalue weighted by atomic mass is 15.0. The average Bonchev–Trinajstić information content (AvgIpc) is 2.57. The van der Waals surface area contributed by atoms with Gasteiger partial charge in [-0.3, -0.25) is 0 Å². The smallest absolute Gasteiger partial charge is 0.0437 e. The molecule has 94 valence electrons. The second-order valence-electron chi connectivity index (χ2n) is 5.38. The molecule has 1 N–H and O–H groups in total. The second-order valence-corrected chi connectivity index (χ2v) is 5.38. The Kier molecular flexibility index (Phi) is 4.22. The van der Waals surface area contributed by atoms with Crippen LogP contribution in [0.5, 0.6) is 0 Å². The van der Waals surface area contributed by atoms with E-state index < -0.39 is 0 Å². The first kappa shape index (κ1) is 12.6. The Balaban J connectivity index is 2.35. The molecule has 1 heterocycles. The van der Waals surface area contributed by atoms with Gasteiger partial charge in [0.1, 0.15) is 0 Å². The fraction of sp³-hybridized carbons (Fsp3) is 0.625. The third kappa shape index (κ3) is 2.71. The van der Waals surface area contributed by atoms with Gasteiger partial charge in [-0.05, 0) is 43.9 Å². The summed E-state index contributed by atoms with van der Waals surface area (Å²) in [5.41, 5.74) is 3.22. The fourth-order valence-electron chi connectivity index (χ4n) is 3.26. The number of hydrogen-bond donors (Lipinski definition) is 1. The standard InChI is InChI=1S/C16H25N/c1-3-11-16(12-7-4-8-13-17-16)15-10-6-5-9-14(15)2/h5-6,9-10,17H,3-4,7-8,11-13H2,1-2H3. The molecule has 1 aromatic rings. The summed E-state index contributed by atoms with van der Waals surface area (Å²) in [6.07, 6.45) is 7.88. The fourth-order valence-corrected chi connectivity index (χ4v) is 3.26. The molecule has 0 saturated carbocycles. The maximum Gasteiger partial charge on any atom is 0.0437 e. The lowest BCUT2D eigenvalue weighted by Crippen LogP contribution is -2.42. The molecule has 1 fully saturated rings. The monoisotopic (exact) mass is 231 g/mol. The quantitative estimate of drug-likeness (QED) is 0.824. The third-order valence-electron chi connectivity index (χ3n) is 4.08. The molecule has 1 aliphatic heterocycles. The second kappa shape index (κ2) is 5.68. The lowest BCUT2D eigenvalue weighted by molar-refractivity contribution is 0.296. The van der Waals surface area contributed by atoms with Gasteiger partial charge in [0.2, 0.25) is 0 Å². The van der Waals surface area contributed by atoms with Crippen LogP contribution in [0, 0.1) is 6.92 Å². The van der Waals surface area contributed by atoms with Crippen LogP contribution in [-0.2, 0) is 5.54 Å². The van der Waals surface area contributed by atoms with Crippen LogP contribution in [0.3, 0.4) is 0 Å². The number of nitrogens with one attached hydrogen (secondary N) is 1. The first-order valence-electron chi connectivity index (χ1n) is 7.10. The van der Waals surface area contributed by atoms with Crippen molar-refractivity contribution >= 4 is 0 Å². The maximum absolute atomic E-state index is 3.85. The van der Waals surface area contributed by atoms with E-state index in [0.29, 0.717) is 0 Å². The highest BCUT2D eigenvalue weighted by Crippen LogP contribution is 2.35. The summed E-state index contributed by atoms with van der Waals surface area (Å²) < 4.78 is 0. The van der Waals surface area contributed by atoms with Gasteiger partial charge in [-0.25, -0.2) is 0 Å². The van der Waals surface area contributed by atoms with Crippen LogP contribution in [0.2, 0.25) is 0 Å². The van der Waals surface area contributed by atoms with Crippen LogP contribution >= 0.6 is 0 Å². The molecule has 0 spiro atoms. The molecule has 0 aliphatic carbocycles. The highest BCUT2D eigenvalue weighted by molar-refractivity contribution is 5.33. The van der Waals surface area contributed by atoms with Crippen molar-refractivity contribution in [2.24, 2.45) is 0 Å². The molecular formula is C16H25N. The van der Waals surface area contributed by atoms with Crippen molar-refractivity contribution in [3.8, 4) is 0 Å². The van der Waals surface area contributed by atoms with Gasteiger partial charge in [0.25, 0.3) is 0 Å². The Labute approximate surface area is 106 Å². The van der Waals surface area contributed by atoms with Gasteiger partial charge in [-0.15, -0.1) is 0 Å². The molecular weight excluding hydrogens is 206 g/mol. The number of benzene rings is 1. The molecule has 1 saturated heterocycles. The predicted molar refractivity (Wildman–Crippen MR) is 74.2 cm³/mol. The molecule has 0 amide bonds. The molecule has 17 heavy (non-hydrogen) atoms. The Morgan fingerprint density at radius 1 is 1.18 bits per heavy atom. The predicted octanol–water partition coefficient (Wildman–Crippen LogP) is 4.15. The minimum atomic E-state index is 0.247. The first-order valence-corrected chi connectivity index (χ1v) is 7.10. The zero-order valence-electron chi connectivity index (χ0n) is 11.3. The van der Waals surface area contributed by atoms with Crippen LogP contribution in [0.1, 0.15) is 56.6 Å². The molecule has 1 unspecified atom stereocenters. The van der Waals surface area contributed by atoms with Crippen molar-refractivity contribution in [1.82, 2.24) is 5.32 Å². The van der Waals surface area contributed by atoms with E-state index in [1.165, 1.54) is 56.2 Å². The maximum atomic E-state index is 3.85. The zero-order valence-corrected chi connectivity index (χ0v) is 11.3. The van der Waals surface area contributed by atoms with Gasteiger partial charge in [0.05, 0.1) is 0 Å². The van der Waals surface area contributed by atoms with Gasteiger partial charge in [0.15, 0.2) is 0 Å². The normalized spacial score (nSPS) is 25.5. The van der Waals surface area contributed by atoms with Crippen LogP contribution in [0.4, 0.5) is 0 Å². The van der Waals surface area contributed by atoms with Crippen LogP contribution in [-0.4, -0.2) is 6.54 Å². The van der Waals surface area contributed by atoms with E-state index >= 15 is 0 Å². The Bertz CT molecular complexity index is 348. The van der Waals surface area contributed by atoms with Crippen molar-refractivity contribution in [1.29, 1.82) is 0 Å². The number of rotatable bonds is 3. The minimum absolute atomic E-state index is 0.247. The first-order chi connectivity index (χ1) is 8.28. The van der Waals surface area contributed by atoms with Gasteiger partial charge in [-0.1, -0.05) is 50.5 Å². The van der Waals surface area contributed by atoms with E-state index in [2.05, 4.69) is 43.4 Å². The minimum Gasteiger partial charge on any atom is -0.307 e. The lowest BCUT2D eigenvalue weighted by atomic mass is 9.80. The summed E-state index contributed by atoms with van der Waals surface area (Å²) in [4.78, 5) is 0. The molecule has 1 aliphatic rings. The molecule has 0 aromatic heterocycles. The summed E-state index contributed by atoms with van der Waals surface area (Å²) in [6.45, 7) is 5.72. The van der Waals surface area contributed by atoms with Crippen molar-refractivity contribution in [2.45, 2.75) is 57.9 Å². The average molecular weight is 231 g/mol. The molecule has 2 rings (SSSR count). The summed E-state index contributed by atoms with van der Waals surface area (Å²) in [7, 11) is 0. The summed E-state index contributed by atoms with van der Waals surface area (Å²) in [5.74, 6) is 0. The molecule has 1 atom stereocenters. The van der Waals surface area contributed by atoms with Gasteiger partial charge < -0.3 is 5.32 Å². The topological polar surface area (TPSA) is 12.0 Å². The Morgan fingerprint density at radius 2 is 2.00 bits per heavy atom. The van der Waals surface area contributed by atoms with Crippen molar-refractivity contribution in [3.05, 3.63) is 35.4 Å². The van der Waals surface area contributed by atoms with Crippen LogP contribution < -0.4 is 5.32 Å². The van der Waals surface area contributed by atoms with Gasteiger partial charge in [-0.2, -0.15) is 0 Å². The van der Waals surface area contributed by atoms with Gasteiger partial charge in [0, 0.05) is 5.54 Å². The van der Waals surface area contributed by atoms with E-state index in [1.54, 1.807) is 0 Å². The third-order valence-corrected chi connectivity index (χ3v) is 4.08. The van der Waals surface area contributed by atoms with Crippen LogP contribution in [0.25, 0.3) is 0 Å². The van der Waals surface area contributed by atoms with E-state index in [4.69, 9.17) is 0 Å². The number of aryl methyl sites for hydroxylation is 1. The summed E-state index contributed by atoms with van der Waals surface area (Å²) in [6, 6.07) is 8.91. The Morgan fingerprint density at radius 3 is 2.76 bits per heavy atom. The van der Waals surface area contributed by atoms with Crippen molar-refractivity contribution in [3.63, 3.8) is 0 Å². The van der Waals surface area contributed by atoms with E-state index in [9.17, 15) is 0 Å². The van der Waals surface area contributed by atoms with Crippen LogP contribution in [0.15, 0.2) is 24.3 Å². The zero-order chi connectivity index (χ0) is 12.1. The molecule has 1 nitrogen and oxygen atoms in total. The van der Waals surface area contributed by atoms with Crippen molar-refractivity contribution in [2.75, 3.05) is 6.54 Å². The van der Waals surface area contributed by atoms with E-state index in [-0.39, 0.29) is 5.54 Å². The van der Waals surface area contributed by atoms with E-state index in [0.717, 1.165) is 0 Å². The largest absolute Gasteiger partial charge is 0.307 e. The highest BCUT2D eigenvalue weighted by Gasteiger charge is 2.32. The summed E-state index contributed by atoms with van der Waals surface area (Å²) in [5, 5.41) is 3.85. The molecule has 1 heteroatoms. The molecule has 0 radical (unpaired) electrons. The Hall–Kier alpha value is -0.820. The van der Waals surface area contributed by atoms with Crippen molar-refractivity contribution < 1.29 is 0 Å². The summed E-state index contributed by atoms with van der Waals surface area (Å²) >= 11 is 0. The SMILES string of the molecule is CCCC1(c2ccccc2C)CCCCCN1. The van der Waals surface area contributed by atoms with Gasteiger partial charge >= 0.3 is 0 Å². The number of hydrogen-bond acceptors (Lipinski definition) is 1. The lowest BCUT2D eigenvalue weighted by Gasteiger charge is -2.35. The molecule has 1 aromatic carbocycles. The van der Waals surface area contributed by atoms with E-state index in [1.807, 2.05) is 0 Å². The molecule has 0 bridgehead atoms.